The summed E-state index contributed by atoms with van der Waals surface area (Å²) in [7, 11) is 0. The predicted octanol–water partition coefficient (Wildman–Crippen LogP) is 6.54. The Kier molecular flexibility index (Phi) is 21.2. The molecule has 1 unspecified atom stereocenters. The average molecular weight is 383 g/mol. The van der Waals surface area contributed by atoms with E-state index in [1.165, 1.54) is 44.6 Å². The second-order valence-electron chi connectivity index (χ2n) is 6.85. The number of carbonyl (C=O) groups excluding carboxylic acids is 2. The Bertz CT molecular complexity index is 401. The summed E-state index contributed by atoms with van der Waals surface area (Å²) in [6.45, 7) is 15.5. The van der Waals surface area contributed by atoms with Gasteiger partial charge in [-0.2, -0.15) is 0 Å². The smallest absolute Gasteiger partial charge is 0.333 e. The third-order valence-corrected chi connectivity index (χ3v) is 4.11. The monoisotopic (exact) mass is 382 g/mol. The first-order chi connectivity index (χ1) is 12.9. The summed E-state index contributed by atoms with van der Waals surface area (Å²) in [4.78, 5) is 21.8. The summed E-state index contributed by atoms with van der Waals surface area (Å²) < 4.78 is 10.1. The maximum Gasteiger partial charge on any atom is 0.333 e. The molecule has 4 nitrogen and oxygen atoms in total. The van der Waals surface area contributed by atoms with Crippen molar-refractivity contribution < 1.29 is 19.1 Å². The number of esters is 2. The van der Waals surface area contributed by atoms with Gasteiger partial charge in [-0.25, -0.2) is 9.59 Å². The summed E-state index contributed by atoms with van der Waals surface area (Å²) in [5, 5.41) is 0. The molecule has 1 atom stereocenters. The maximum atomic E-state index is 11.0. The number of carbonyl (C=O) groups is 2. The average Bonchev–Trinajstić information content (AvgIpc) is 2.66. The van der Waals surface area contributed by atoms with E-state index >= 15 is 0 Å². The standard InChI is InChI=1S/C12H22O2.C11H20O2/c1-4-5-6-7-8-9-10-14-12(13)11(2)3;1-4-7-8-9-10(5-2)13-11(12)6-3/h2,4-10H2,1,3H3;6,10H,3-5,7-9H2,1-2H3. The van der Waals surface area contributed by atoms with Gasteiger partial charge >= 0.3 is 11.9 Å². The van der Waals surface area contributed by atoms with Crippen molar-refractivity contribution in [2.24, 2.45) is 0 Å². The molecule has 0 aliphatic heterocycles. The van der Waals surface area contributed by atoms with Gasteiger partial charge in [0.1, 0.15) is 6.10 Å². The Hall–Kier alpha value is -1.58. The number of hydrogen-bond acceptors (Lipinski definition) is 4. The molecule has 0 aliphatic carbocycles. The Morgan fingerprint density at radius 2 is 1.48 bits per heavy atom. The van der Waals surface area contributed by atoms with E-state index in [-0.39, 0.29) is 18.0 Å². The number of rotatable bonds is 15. The summed E-state index contributed by atoms with van der Waals surface area (Å²) in [5.74, 6) is -0.568. The van der Waals surface area contributed by atoms with Crippen LogP contribution in [-0.4, -0.2) is 24.6 Å². The molecule has 0 spiro atoms. The highest BCUT2D eigenvalue weighted by Gasteiger charge is 2.09. The van der Waals surface area contributed by atoms with E-state index in [2.05, 4.69) is 27.0 Å². The van der Waals surface area contributed by atoms with E-state index in [1.807, 2.05) is 6.92 Å². The van der Waals surface area contributed by atoms with Gasteiger partial charge in [0.2, 0.25) is 0 Å². The second kappa shape index (κ2) is 20.7. The molecule has 158 valence electrons. The molecular weight excluding hydrogens is 340 g/mol. The zero-order valence-electron chi connectivity index (χ0n) is 18.2. The van der Waals surface area contributed by atoms with Crippen LogP contribution in [0, 0.1) is 0 Å². The van der Waals surface area contributed by atoms with Crippen LogP contribution in [0.1, 0.15) is 98.3 Å². The van der Waals surface area contributed by atoms with Crippen LogP contribution in [0.5, 0.6) is 0 Å². The first kappa shape index (κ1) is 27.6. The van der Waals surface area contributed by atoms with Crippen molar-refractivity contribution in [2.75, 3.05) is 6.61 Å². The van der Waals surface area contributed by atoms with Crippen LogP contribution >= 0.6 is 0 Å². The molecule has 27 heavy (non-hydrogen) atoms. The fourth-order valence-corrected chi connectivity index (χ4v) is 2.35. The molecule has 0 aromatic carbocycles. The fourth-order valence-electron chi connectivity index (χ4n) is 2.35. The molecule has 0 aromatic rings. The van der Waals surface area contributed by atoms with Gasteiger partial charge in [0.05, 0.1) is 6.61 Å². The van der Waals surface area contributed by atoms with Gasteiger partial charge in [-0.3, -0.25) is 0 Å². The third kappa shape index (κ3) is 20.6. The van der Waals surface area contributed by atoms with E-state index in [0.29, 0.717) is 12.2 Å². The largest absolute Gasteiger partial charge is 0.462 e. The van der Waals surface area contributed by atoms with Crippen LogP contribution < -0.4 is 0 Å². The summed E-state index contributed by atoms with van der Waals surface area (Å²) in [5.41, 5.74) is 0.482. The molecule has 0 saturated carbocycles. The SMILES string of the molecule is C=C(C)C(=O)OCCCCCCCC.C=CC(=O)OC(CC)CCCCC. The number of unbranched alkanes of at least 4 members (excludes halogenated alkanes) is 7. The predicted molar refractivity (Wildman–Crippen MR) is 114 cm³/mol. The lowest BCUT2D eigenvalue weighted by Crippen LogP contribution is -2.15. The quantitative estimate of drug-likeness (QED) is 0.183. The summed E-state index contributed by atoms with van der Waals surface area (Å²) >= 11 is 0. The highest BCUT2D eigenvalue weighted by atomic mass is 16.5. The topological polar surface area (TPSA) is 52.6 Å². The third-order valence-electron chi connectivity index (χ3n) is 4.11. The molecule has 0 amide bonds. The Labute approximate surface area is 167 Å². The highest BCUT2D eigenvalue weighted by Crippen LogP contribution is 2.10. The van der Waals surface area contributed by atoms with Crippen molar-refractivity contribution in [3.63, 3.8) is 0 Å². The summed E-state index contributed by atoms with van der Waals surface area (Å²) in [6, 6.07) is 0. The minimum absolute atomic E-state index is 0.0806. The van der Waals surface area contributed by atoms with Crippen molar-refractivity contribution in [2.45, 2.75) is 104 Å². The van der Waals surface area contributed by atoms with Gasteiger partial charge in [0.25, 0.3) is 0 Å². The maximum absolute atomic E-state index is 11.0. The van der Waals surface area contributed by atoms with Crippen molar-refractivity contribution in [3.05, 3.63) is 24.8 Å². The van der Waals surface area contributed by atoms with E-state index < -0.39 is 0 Å². The first-order valence-electron chi connectivity index (χ1n) is 10.6. The van der Waals surface area contributed by atoms with Crippen LogP contribution in [0.3, 0.4) is 0 Å². The van der Waals surface area contributed by atoms with Crippen LogP contribution in [0.25, 0.3) is 0 Å². The highest BCUT2D eigenvalue weighted by molar-refractivity contribution is 5.86. The van der Waals surface area contributed by atoms with Gasteiger partial charge in [0, 0.05) is 11.6 Å². The van der Waals surface area contributed by atoms with E-state index in [1.54, 1.807) is 6.92 Å². The normalized spacial score (nSPS) is 11.0. The number of ether oxygens (including phenoxy) is 2. The van der Waals surface area contributed by atoms with Crippen LogP contribution in [0.2, 0.25) is 0 Å². The molecule has 0 rings (SSSR count). The van der Waals surface area contributed by atoms with Gasteiger partial charge in [0.15, 0.2) is 0 Å². The molecule has 0 aliphatic rings. The van der Waals surface area contributed by atoms with Crippen molar-refractivity contribution in [1.82, 2.24) is 0 Å². The van der Waals surface area contributed by atoms with Gasteiger partial charge in [-0.05, 0) is 32.6 Å². The minimum Gasteiger partial charge on any atom is -0.462 e. The Morgan fingerprint density at radius 1 is 0.926 bits per heavy atom. The minimum atomic E-state index is -0.302. The lowest BCUT2D eigenvalue weighted by atomic mass is 10.1. The van der Waals surface area contributed by atoms with Gasteiger partial charge in [-0.1, -0.05) is 78.9 Å². The molecule has 0 radical (unpaired) electrons. The molecule has 0 saturated heterocycles. The number of hydrogen-bond donors (Lipinski definition) is 0. The van der Waals surface area contributed by atoms with Gasteiger partial charge in [-0.15, -0.1) is 0 Å². The lowest BCUT2D eigenvalue weighted by Gasteiger charge is -2.14. The lowest BCUT2D eigenvalue weighted by molar-refractivity contribution is -0.143. The van der Waals surface area contributed by atoms with E-state index in [9.17, 15) is 9.59 Å². The Balaban J connectivity index is 0. The molecule has 0 N–H and O–H groups in total. The molecule has 0 heterocycles. The van der Waals surface area contributed by atoms with Crippen LogP contribution in [-0.2, 0) is 19.1 Å². The molecule has 0 bridgehead atoms. The first-order valence-corrected chi connectivity index (χ1v) is 10.6. The van der Waals surface area contributed by atoms with E-state index in [4.69, 9.17) is 9.47 Å². The Morgan fingerprint density at radius 3 is 2.00 bits per heavy atom. The molecule has 0 fully saturated rings. The molecule has 0 aromatic heterocycles. The van der Waals surface area contributed by atoms with Crippen molar-refractivity contribution in [1.29, 1.82) is 0 Å². The van der Waals surface area contributed by atoms with Crippen LogP contribution in [0.15, 0.2) is 24.8 Å². The second-order valence-corrected chi connectivity index (χ2v) is 6.85. The van der Waals surface area contributed by atoms with E-state index in [0.717, 1.165) is 32.1 Å². The molecule has 4 heteroatoms. The van der Waals surface area contributed by atoms with Crippen molar-refractivity contribution >= 4 is 11.9 Å². The van der Waals surface area contributed by atoms with Gasteiger partial charge < -0.3 is 9.47 Å². The summed E-state index contributed by atoms with van der Waals surface area (Å²) in [6.07, 6.45) is 14.0. The van der Waals surface area contributed by atoms with Crippen molar-refractivity contribution in [3.8, 4) is 0 Å². The fraction of sp³-hybridized carbons (Fsp3) is 0.739. The van der Waals surface area contributed by atoms with Crippen LogP contribution in [0.4, 0.5) is 0 Å². The zero-order valence-corrected chi connectivity index (χ0v) is 18.2. The molecular formula is C23H42O4. The zero-order chi connectivity index (χ0) is 20.9.